The summed E-state index contributed by atoms with van der Waals surface area (Å²) >= 11 is 0. The van der Waals surface area contributed by atoms with Crippen molar-refractivity contribution < 1.29 is 0 Å². The van der Waals surface area contributed by atoms with E-state index in [2.05, 4.69) is 59.3 Å². The van der Waals surface area contributed by atoms with Gasteiger partial charge in [0, 0.05) is 18.7 Å². The van der Waals surface area contributed by atoms with Gasteiger partial charge in [0.05, 0.1) is 11.7 Å². The van der Waals surface area contributed by atoms with Crippen molar-refractivity contribution in [3.63, 3.8) is 0 Å². The molecule has 2 heterocycles. The first-order chi connectivity index (χ1) is 9.16. The Kier molecular flexibility index (Phi) is 3.03. The minimum atomic E-state index is 0.375. The van der Waals surface area contributed by atoms with E-state index in [1.165, 1.54) is 16.8 Å². The Morgan fingerprint density at radius 1 is 1.37 bits per heavy atom. The lowest BCUT2D eigenvalue weighted by Gasteiger charge is -2.27. The number of anilines is 1. The number of benzene rings is 1. The maximum absolute atomic E-state index is 5.94. The summed E-state index contributed by atoms with van der Waals surface area (Å²) in [6.07, 6.45) is 0. The number of nitrogens with zero attached hydrogens (tertiary/aromatic N) is 2. The molecule has 4 heteroatoms. The third-order valence-electron chi connectivity index (χ3n) is 3.84. The maximum atomic E-state index is 5.94. The molecule has 4 nitrogen and oxygen atoms in total. The number of hydrogen-bond donors (Lipinski definition) is 2. The summed E-state index contributed by atoms with van der Waals surface area (Å²) in [7, 11) is 0. The van der Waals surface area contributed by atoms with Gasteiger partial charge >= 0.3 is 0 Å². The van der Waals surface area contributed by atoms with Crippen LogP contribution >= 0.6 is 0 Å². The maximum Gasteiger partial charge on any atom is 0.150 e. The molecular weight excluding hydrogens is 236 g/mol. The summed E-state index contributed by atoms with van der Waals surface area (Å²) in [5, 5.41) is 7.25. The minimum absolute atomic E-state index is 0.375. The molecule has 0 radical (unpaired) electrons. The van der Waals surface area contributed by atoms with Crippen molar-refractivity contribution in [3.05, 3.63) is 47.2 Å². The van der Waals surface area contributed by atoms with Gasteiger partial charge in [-0.3, -0.25) is 10.00 Å². The summed E-state index contributed by atoms with van der Waals surface area (Å²) in [5.41, 5.74) is 9.65. The molecule has 1 aliphatic heterocycles. The Balaban J connectivity index is 1.87. The molecule has 0 saturated heterocycles. The van der Waals surface area contributed by atoms with Gasteiger partial charge in [-0.2, -0.15) is 5.10 Å². The summed E-state index contributed by atoms with van der Waals surface area (Å²) in [6, 6.07) is 10.9. The van der Waals surface area contributed by atoms with E-state index in [1.54, 1.807) is 0 Å². The lowest BCUT2D eigenvalue weighted by molar-refractivity contribution is 0.160. The SMILES string of the molecule is CC(C)C1c2[nH]nc(N)c2CN1Cc1ccccc1. The number of aromatic nitrogens is 2. The van der Waals surface area contributed by atoms with Crippen LogP contribution in [-0.2, 0) is 13.1 Å². The molecule has 100 valence electrons. The molecule has 1 aromatic carbocycles. The normalized spacial score (nSPS) is 19.0. The van der Waals surface area contributed by atoms with Gasteiger partial charge in [0.15, 0.2) is 0 Å². The van der Waals surface area contributed by atoms with Gasteiger partial charge in [0.1, 0.15) is 5.82 Å². The molecule has 1 aromatic heterocycles. The molecule has 3 N–H and O–H groups in total. The number of rotatable bonds is 3. The van der Waals surface area contributed by atoms with Crippen LogP contribution in [0.1, 0.15) is 36.7 Å². The van der Waals surface area contributed by atoms with Gasteiger partial charge in [-0.05, 0) is 11.5 Å². The minimum Gasteiger partial charge on any atom is -0.382 e. The second kappa shape index (κ2) is 4.70. The Labute approximate surface area is 113 Å². The molecule has 0 aliphatic carbocycles. The first-order valence-electron chi connectivity index (χ1n) is 6.77. The van der Waals surface area contributed by atoms with Crippen molar-refractivity contribution in [2.45, 2.75) is 33.0 Å². The van der Waals surface area contributed by atoms with Crippen molar-refractivity contribution >= 4 is 5.82 Å². The second-order valence-electron chi connectivity index (χ2n) is 5.58. The summed E-state index contributed by atoms with van der Waals surface area (Å²) in [5.74, 6) is 1.18. The van der Waals surface area contributed by atoms with Crippen LogP contribution in [0.2, 0.25) is 0 Å². The molecule has 0 amide bonds. The van der Waals surface area contributed by atoms with Crippen molar-refractivity contribution in [1.29, 1.82) is 0 Å². The van der Waals surface area contributed by atoms with Gasteiger partial charge in [-0.25, -0.2) is 0 Å². The zero-order valence-corrected chi connectivity index (χ0v) is 11.4. The topological polar surface area (TPSA) is 57.9 Å². The molecule has 0 spiro atoms. The first kappa shape index (κ1) is 12.2. The molecule has 0 fully saturated rings. The van der Waals surface area contributed by atoms with Gasteiger partial charge in [0.2, 0.25) is 0 Å². The summed E-state index contributed by atoms with van der Waals surface area (Å²) in [6.45, 7) is 6.32. The van der Waals surface area contributed by atoms with Crippen molar-refractivity contribution in [2.75, 3.05) is 5.73 Å². The highest BCUT2D eigenvalue weighted by Gasteiger charge is 2.35. The van der Waals surface area contributed by atoms with Crippen LogP contribution in [-0.4, -0.2) is 15.1 Å². The zero-order valence-electron chi connectivity index (χ0n) is 11.4. The largest absolute Gasteiger partial charge is 0.382 e. The molecule has 1 aliphatic rings. The Hall–Kier alpha value is -1.81. The van der Waals surface area contributed by atoms with E-state index in [9.17, 15) is 0 Å². The highest BCUT2D eigenvalue weighted by atomic mass is 15.3. The van der Waals surface area contributed by atoms with Crippen LogP contribution in [0.5, 0.6) is 0 Å². The Morgan fingerprint density at radius 2 is 2.11 bits per heavy atom. The summed E-state index contributed by atoms with van der Waals surface area (Å²) in [4.78, 5) is 2.47. The molecule has 3 rings (SSSR count). The number of nitrogens with two attached hydrogens (primary N) is 1. The molecule has 1 unspecified atom stereocenters. The van der Waals surface area contributed by atoms with Crippen molar-refractivity contribution in [2.24, 2.45) is 5.92 Å². The smallest absolute Gasteiger partial charge is 0.150 e. The monoisotopic (exact) mass is 256 g/mol. The van der Waals surface area contributed by atoms with Crippen molar-refractivity contribution in [1.82, 2.24) is 15.1 Å². The number of H-pyrrole nitrogens is 1. The van der Waals surface area contributed by atoms with Gasteiger partial charge in [-0.1, -0.05) is 44.2 Å². The number of nitrogens with one attached hydrogen (secondary N) is 1. The Morgan fingerprint density at radius 3 is 2.79 bits per heavy atom. The van der Waals surface area contributed by atoms with Crippen LogP contribution < -0.4 is 5.73 Å². The molecule has 0 bridgehead atoms. The third kappa shape index (κ3) is 2.12. The van der Waals surface area contributed by atoms with Gasteiger partial charge < -0.3 is 5.73 Å². The number of nitrogen functional groups attached to an aromatic ring is 1. The number of hydrogen-bond acceptors (Lipinski definition) is 3. The van der Waals surface area contributed by atoms with Crippen molar-refractivity contribution in [3.8, 4) is 0 Å². The molecule has 1 atom stereocenters. The lowest BCUT2D eigenvalue weighted by atomic mass is 10.0. The first-order valence-corrected chi connectivity index (χ1v) is 6.77. The van der Waals surface area contributed by atoms with Crippen LogP contribution in [0.3, 0.4) is 0 Å². The molecular formula is C15H20N4. The molecule has 0 saturated carbocycles. The highest BCUT2D eigenvalue weighted by Crippen LogP contribution is 2.40. The fourth-order valence-corrected chi connectivity index (χ4v) is 3.02. The molecule has 2 aromatic rings. The quantitative estimate of drug-likeness (QED) is 0.887. The average molecular weight is 256 g/mol. The van der Waals surface area contributed by atoms with E-state index in [1.807, 2.05) is 0 Å². The van der Waals surface area contributed by atoms with E-state index in [-0.39, 0.29) is 0 Å². The summed E-state index contributed by atoms with van der Waals surface area (Å²) < 4.78 is 0. The van der Waals surface area contributed by atoms with Crippen LogP contribution in [0.4, 0.5) is 5.82 Å². The van der Waals surface area contributed by atoms with Gasteiger partial charge in [-0.15, -0.1) is 0 Å². The van der Waals surface area contributed by atoms with E-state index >= 15 is 0 Å². The van der Waals surface area contributed by atoms with Crippen LogP contribution in [0.25, 0.3) is 0 Å². The Bertz CT molecular complexity index is 559. The predicted octanol–water partition coefficient (Wildman–Crippen LogP) is 2.70. The second-order valence-corrected chi connectivity index (χ2v) is 5.58. The standard InChI is InChI=1S/C15H20N4/c1-10(2)14-13-12(15(16)18-17-13)9-19(14)8-11-6-4-3-5-7-11/h3-7,10,14H,8-9H2,1-2H3,(H3,16,17,18). The van der Waals surface area contributed by atoms with E-state index in [0.29, 0.717) is 17.8 Å². The number of aromatic amines is 1. The van der Waals surface area contributed by atoms with E-state index < -0.39 is 0 Å². The molecule has 19 heavy (non-hydrogen) atoms. The average Bonchev–Trinajstić information content (AvgIpc) is 2.91. The zero-order chi connectivity index (χ0) is 13.4. The van der Waals surface area contributed by atoms with E-state index in [0.717, 1.165) is 13.1 Å². The predicted molar refractivity (Wildman–Crippen MR) is 76.3 cm³/mol. The fourth-order valence-electron chi connectivity index (χ4n) is 3.02. The number of fused-ring (bicyclic) bond motifs is 1. The van der Waals surface area contributed by atoms with E-state index in [4.69, 9.17) is 5.73 Å². The third-order valence-corrected chi connectivity index (χ3v) is 3.84. The lowest BCUT2D eigenvalue weighted by Crippen LogP contribution is -2.26. The fraction of sp³-hybridized carbons (Fsp3) is 0.400. The van der Waals surface area contributed by atoms with Gasteiger partial charge in [0.25, 0.3) is 0 Å². The van der Waals surface area contributed by atoms with Crippen LogP contribution in [0, 0.1) is 5.92 Å². The highest BCUT2D eigenvalue weighted by molar-refractivity contribution is 5.46. The van der Waals surface area contributed by atoms with Crippen LogP contribution in [0.15, 0.2) is 30.3 Å².